The number of ketones is 1. The Hall–Kier alpha value is -4.10. The van der Waals surface area contributed by atoms with Crippen LogP contribution >= 0.6 is 11.6 Å². The third-order valence-corrected chi connectivity index (χ3v) is 5.81. The van der Waals surface area contributed by atoms with E-state index in [1.54, 1.807) is 25.1 Å². The first-order chi connectivity index (χ1) is 16.9. The molecule has 0 bridgehead atoms. The molecule has 3 aromatic carbocycles. The van der Waals surface area contributed by atoms with Crippen molar-refractivity contribution in [2.45, 2.75) is 13.8 Å². The van der Waals surface area contributed by atoms with Crippen LogP contribution in [0.4, 0.5) is 4.39 Å². The summed E-state index contributed by atoms with van der Waals surface area (Å²) in [6.45, 7) is 4.02. The second-order valence-electron chi connectivity index (χ2n) is 7.75. The molecular formula is C27H18ClFO6. The molecule has 2 heterocycles. The van der Waals surface area contributed by atoms with Crippen molar-refractivity contribution >= 4 is 40.4 Å². The van der Waals surface area contributed by atoms with Gasteiger partial charge in [-0.1, -0.05) is 17.7 Å². The van der Waals surface area contributed by atoms with Crippen molar-refractivity contribution in [3.8, 4) is 17.2 Å². The predicted molar refractivity (Wildman–Crippen MR) is 128 cm³/mol. The summed E-state index contributed by atoms with van der Waals surface area (Å²) in [5.74, 6) is -0.372. The summed E-state index contributed by atoms with van der Waals surface area (Å²) in [4.78, 5) is 25.8. The first-order valence-electron chi connectivity index (χ1n) is 10.8. The number of hydrogen-bond donors (Lipinski definition) is 0. The maximum absolute atomic E-state index is 14.1. The number of halogens is 2. The SMILES string of the molecule is CCOc1ccc2oc(C)c(C(=O)Oc3ccc4c(c3)OC(=Cc3c(F)cccc3Cl)C4=O)c2c1. The zero-order chi connectivity index (χ0) is 24.7. The lowest BCUT2D eigenvalue weighted by atomic mass is 10.1. The van der Waals surface area contributed by atoms with Gasteiger partial charge < -0.3 is 18.6 Å². The second kappa shape index (κ2) is 8.92. The van der Waals surface area contributed by atoms with E-state index in [2.05, 4.69) is 0 Å². The highest BCUT2D eigenvalue weighted by molar-refractivity contribution is 6.32. The maximum Gasteiger partial charge on any atom is 0.347 e. The number of allylic oxidation sites excluding steroid dienone is 1. The summed E-state index contributed by atoms with van der Waals surface area (Å²) < 4.78 is 36.6. The molecule has 1 aliphatic heterocycles. The quantitative estimate of drug-likeness (QED) is 0.174. The fourth-order valence-corrected chi connectivity index (χ4v) is 4.10. The van der Waals surface area contributed by atoms with E-state index in [1.165, 1.54) is 42.5 Å². The third-order valence-electron chi connectivity index (χ3n) is 5.48. The van der Waals surface area contributed by atoms with E-state index in [9.17, 15) is 14.0 Å². The van der Waals surface area contributed by atoms with Gasteiger partial charge in [0.1, 0.15) is 40.0 Å². The van der Waals surface area contributed by atoms with Crippen molar-refractivity contribution < 1.29 is 32.6 Å². The van der Waals surface area contributed by atoms with Gasteiger partial charge in [-0.3, -0.25) is 4.79 Å². The molecule has 5 rings (SSSR count). The minimum absolute atomic E-state index is 0.0470. The van der Waals surface area contributed by atoms with E-state index >= 15 is 0 Å². The smallest absolute Gasteiger partial charge is 0.347 e. The number of carbonyl (C=O) groups is 2. The summed E-state index contributed by atoms with van der Waals surface area (Å²) >= 11 is 6.06. The van der Waals surface area contributed by atoms with Gasteiger partial charge in [0.05, 0.1) is 17.2 Å². The normalized spacial score (nSPS) is 13.7. The minimum Gasteiger partial charge on any atom is -0.494 e. The Morgan fingerprint density at radius 2 is 1.91 bits per heavy atom. The molecule has 8 heteroatoms. The minimum atomic E-state index is -0.631. The van der Waals surface area contributed by atoms with E-state index < -0.39 is 17.6 Å². The molecule has 176 valence electrons. The van der Waals surface area contributed by atoms with Gasteiger partial charge in [0, 0.05) is 17.0 Å². The second-order valence-corrected chi connectivity index (χ2v) is 8.15. The lowest BCUT2D eigenvalue weighted by Crippen LogP contribution is -2.09. The lowest BCUT2D eigenvalue weighted by molar-refractivity contribution is 0.0734. The van der Waals surface area contributed by atoms with E-state index in [4.69, 9.17) is 30.2 Å². The summed E-state index contributed by atoms with van der Waals surface area (Å²) in [5.41, 5.74) is 1.11. The summed E-state index contributed by atoms with van der Waals surface area (Å²) in [5, 5.41) is 0.715. The monoisotopic (exact) mass is 492 g/mol. The Labute approximate surface area is 204 Å². The van der Waals surface area contributed by atoms with Gasteiger partial charge >= 0.3 is 5.97 Å². The van der Waals surface area contributed by atoms with E-state index in [-0.39, 0.29) is 39.0 Å². The lowest BCUT2D eigenvalue weighted by Gasteiger charge is -2.06. The van der Waals surface area contributed by atoms with Crippen molar-refractivity contribution in [3.05, 3.63) is 93.6 Å². The highest BCUT2D eigenvalue weighted by atomic mass is 35.5. The topological polar surface area (TPSA) is 75.0 Å². The molecule has 6 nitrogen and oxygen atoms in total. The zero-order valence-corrected chi connectivity index (χ0v) is 19.4. The van der Waals surface area contributed by atoms with Crippen molar-refractivity contribution in [3.63, 3.8) is 0 Å². The van der Waals surface area contributed by atoms with Crippen molar-refractivity contribution in [2.24, 2.45) is 0 Å². The summed E-state index contributed by atoms with van der Waals surface area (Å²) in [6.07, 6.45) is 1.25. The third kappa shape index (κ3) is 4.15. The molecule has 1 aliphatic rings. The van der Waals surface area contributed by atoms with Gasteiger partial charge in [0.2, 0.25) is 5.78 Å². The number of furan rings is 1. The van der Waals surface area contributed by atoms with E-state index in [0.717, 1.165) is 0 Å². The Bertz CT molecular complexity index is 1510. The molecular weight excluding hydrogens is 475 g/mol. The van der Waals surface area contributed by atoms with Crippen LogP contribution in [-0.4, -0.2) is 18.4 Å². The molecule has 0 saturated heterocycles. The Morgan fingerprint density at radius 1 is 1.11 bits per heavy atom. The molecule has 0 saturated carbocycles. The molecule has 0 aliphatic carbocycles. The molecule has 0 radical (unpaired) electrons. The molecule has 0 atom stereocenters. The van der Waals surface area contributed by atoms with Gasteiger partial charge in [-0.2, -0.15) is 0 Å². The maximum atomic E-state index is 14.1. The Morgan fingerprint density at radius 3 is 2.69 bits per heavy atom. The number of fused-ring (bicyclic) bond motifs is 2. The highest BCUT2D eigenvalue weighted by Gasteiger charge is 2.29. The van der Waals surface area contributed by atoms with Crippen LogP contribution in [0, 0.1) is 12.7 Å². The number of rotatable bonds is 5. The van der Waals surface area contributed by atoms with Gasteiger partial charge in [-0.15, -0.1) is 0 Å². The number of esters is 1. The summed E-state index contributed by atoms with van der Waals surface area (Å²) in [7, 11) is 0. The highest BCUT2D eigenvalue weighted by Crippen LogP contribution is 2.37. The van der Waals surface area contributed by atoms with Crippen molar-refractivity contribution in [1.82, 2.24) is 0 Å². The average Bonchev–Trinajstić information content (AvgIpc) is 3.31. The first kappa shape index (κ1) is 22.7. The van der Waals surface area contributed by atoms with Gasteiger partial charge in [-0.25, -0.2) is 9.18 Å². The summed E-state index contributed by atoms with van der Waals surface area (Å²) in [6, 6.07) is 13.8. The van der Waals surface area contributed by atoms with Gasteiger partial charge in [-0.05, 0) is 62.4 Å². The van der Waals surface area contributed by atoms with Crippen LogP contribution in [0.2, 0.25) is 5.02 Å². The molecule has 1 aromatic heterocycles. The molecule has 0 spiro atoms. The molecule has 0 N–H and O–H groups in total. The van der Waals surface area contributed by atoms with Crippen LogP contribution in [0.15, 0.2) is 64.8 Å². The number of benzene rings is 3. The van der Waals surface area contributed by atoms with E-state index in [0.29, 0.717) is 29.1 Å². The van der Waals surface area contributed by atoms with Crippen molar-refractivity contribution in [2.75, 3.05) is 6.61 Å². The number of ether oxygens (including phenoxy) is 3. The largest absolute Gasteiger partial charge is 0.494 e. The van der Waals surface area contributed by atoms with Gasteiger partial charge in [0.25, 0.3) is 0 Å². The average molecular weight is 493 g/mol. The number of Topliss-reactive ketones (excluding diaryl/α,β-unsaturated/α-hetero) is 1. The first-order valence-corrected chi connectivity index (χ1v) is 11.1. The number of aryl methyl sites for hydroxylation is 1. The molecule has 4 aromatic rings. The standard InChI is InChI=1S/C27H18ClFO6/c1-3-32-15-8-10-22-19(11-15)25(14(2)33-22)27(31)34-16-7-9-17-23(12-16)35-24(26(17)30)13-18-20(28)5-4-6-21(18)29/h4-13H,3H2,1-2H3. The van der Waals surface area contributed by atoms with Crippen LogP contribution in [0.5, 0.6) is 17.2 Å². The van der Waals surface area contributed by atoms with Crippen molar-refractivity contribution in [1.29, 1.82) is 0 Å². The molecule has 0 amide bonds. The molecule has 35 heavy (non-hydrogen) atoms. The fraction of sp³-hybridized carbons (Fsp3) is 0.111. The van der Waals surface area contributed by atoms with E-state index in [1.807, 2.05) is 6.92 Å². The molecule has 0 fully saturated rings. The molecule has 0 unspecified atom stereocenters. The fourth-order valence-electron chi connectivity index (χ4n) is 3.88. The van der Waals surface area contributed by atoms with Crippen LogP contribution in [-0.2, 0) is 0 Å². The Balaban J connectivity index is 1.42. The van der Waals surface area contributed by atoms with Crippen LogP contribution in [0.25, 0.3) is 17.0 Å². The number of carbonyl (C=O) groups excluding carboxylic acids is 2. The van der Waals surface area contributed by atoms with Crippen LogP contribution in [0.1, 0.15) is 39.0 Å². The Kier molecular flexibility index (Phi) is 5.78. The zero-order valence-electron chi connectivity index (χ0n) is 18.7. The predicted octanol–water partition coefficient (Wildman–Crippen LogP) is 6.77. The van der Waals surface area contributed by atoms with Crippen LogP contribution in [0.3, 0.4) is 0 Å². The number of hydrogen-bond acceptors (Lipinski definition) is 6. The van der Waals surface area contributed by atoms with Gasteiger partial charge in [0.15, 0.2) is 5.76 Å². The van der Waals surface area contributed by atoms with Crippen LogP contribution < -0.4 is 14.2 Å².